The number of carboxylic acid groups (broad SMARTS) is 1. The molecule has 0 amide bonds. The molecule has 1 aromatic carbocycles. The van der Waals surface area contributed by atoms with Crippen LogP contribution in [0.3, 0.4) is 0 Å². The van der Waals surface area contributed by atoms with E-state index in [1.165, 1.54) is 12.1 Å². The van der Waals surface area contributed by atoms with Crippen molar-refractivity contribution in [2.45, 2.75) is 13.0 Å². The zero-order valence-electron chi connectivity index (χ0n) is 8.12. The SMILES string of the molecule is C#CC(C)Nc1ccc(C(=O)O)cc1Cl. The summed E-state index contributed by atoms with van der Waals surface area (Å²) in [5, 5.41) is 12.0. The lowest BCUT2D eigenvalue weighted by atomic mass is 10.2. The van der Waals surface area contributed by atoms with Gasteiger partial charge in [0.2, 0.25) is 0 Å². The van der Waals surface area contributed by atoms with E-state index in [-0.39, 0.29) is 11.6 Å². The summed E-state index contributed by atoms with van der Waals surface area (Å²) < 4.78 is 0. The van der Waals surface area contributed by atoms with Crippen LogP contribution in [0.5, 0.6) is 0 Å². The summed E-state index contributed by atoms with van der Waals surface area (Å²) in [5.41, 5.74) is 0.783. The Labute approximate surface area is 93.1 Å². The van der Waals surface area contributed by atoms with Crippen LogP contribution in [0, 0.1) is 12.3 Å². The van der Waals surface area contributed by atoms with Crippen molar-refractivity contribution in [1.82, 2.24) is 0 Å². The highest BCUT2D eigenvalue weighted by molar-refractivity contribution is 6.33. The number of carbonyl (C=O) groups is 1. The molecule has 0 aromatic heterocycles. The fraction of sp³-hybridized carbons (Fsp3) is 0.182. The summed E-state index contributed by atoms with van der Waals surface area (Å²) in [6, 6.07) is 4.30. The number of hydrogen-bond donors (Lipinski definition) is 2. The van der Waals surface area contributed by atoms with Gasteiger partial charge in [-0.1, -0.05) is 17.5 Å². The van der Waals surface area contributed by atoms with Gasteiger partial charge in [0.05, 0.1) is 22.3 Å². The minimum atomic E-state index is -1.01. The molecule has 0 fully saturated rings. The number of hydrogen-bond acceptors (Lipinski definition) is 2. The molecule has 0 radical (unpaired) electrons. The molecule has 3 nitrogen and oxygen atoms in total. The third kappa shape index (κ3) is 2.90. The van der Waals surface area contributed by atoms with Crippen molar-refractivity contribution >= 4 is 23.3 Å². The van der Waals surface area contributed by atoms with Gasteiger partial charge < -0.3 is 10.4 Å². The van der Waals surface area contributed by atoms with Gasteiger partial charge in [-0.3, -0.25) is 0 Å². The van der Waals surface area contributed by atoms with Gasteiger partial charge >= 0.3 is 5.97 Å². The largest absolute Gasteiger partial charge is 0.478 e. The van der Waals surface area contributed by atoms with Crippen molar-refractivity contribution < 1.29 is 9.90 Å². The Kier molecular flexibility index (Phi) is 3.59. The standard InChI is InChI=1S/C11H10ClNO2/c1-3-7(2)13-10-5-4-8(11(14)15)6-9(10)12/h1,4-7,13H,2H3,(H,14,15). The van der Waals surface area contributed by atoms with Crippen molar-refractivity contribution in [3.63, 3.8) is 0 Å². The van der Waals surface area contributed by atoms with Crippen molar-refractivity contribution in [3.8, 4) is 12.3 Å². The van der Waals surface area contributed by atoms with Crippen molar-refractivity contribution in [3.05, 3.63) is 28.8 Å². The van der Waals surface area contributed by atoms with E-state index in [9.17, 15) is 4.79 Å². The van der Waals surface area contributed by atoms with Gasteiger partial charge in [0, 0.05) is 0 Å². The summed E-state index contributed by atoms with van der Waals surface area (Å²) in [4.78, 5) is 10.6. The molecule has 0 aliphatic heterocycles. The molecule has 15 heavy (non-hydrogen) atoms. The Morgan fingerprint density at radius 3 is 2.80 bits per heavy atom. The highest BCUT2D eigenvalue weighted by atomic mass is 35.5. The first kappa shape index (κ1) is 11.4. The van der Waals surface area contributed by atoms with Crippen LogP contribution in [0.1, 0.15) is 17.3 Å². The minimum absolute atomic E-state index is 0.152. The van der Waals surface area contributed by atoms with Gasteiger partial charge in [-0.15, -0.1) is 6.42 Å². The average molecular weight is 224 g/mol. The molecule has 0 spiro atoms. The number of rotatable bonds is 3. The van der Waals surface area contributed by atoms with Gasteiger partial charge in [-0.05, 0) is 25.1 Å². The molecule has 4 heteroatoms. The lowest BCUT2D eigenvalue weighted by Crippen LogP contribution is -2.12. The Hall–Kier alpha value is -1.66. The second-order valence-corrected chi connectivity index (χ2v) is 3.44. The highest BCUT2D eigenvalue weighted by Crippen LogP contribution is 2.23. The maximum absolute atomic E-state index is 10.6. The molecule has 0 aliphatic rings. The fourth-order valence-corrected chi connectivity index (χ4v) is 1.28. The van der Waals surface area contributed by atoms with E-state index in [0.29, 0.717) is 10.7 Å². The quantitative estimate of drug-likeness (QED) is 0.774. The number of terminal acetylenes is 1. The number of benzene rings is 1. The van der Waals surface area contributed by atoms with E-state index in [1.807, 2.05) is 0 Å². The van der Waals surface area contributed by atoms with Gasteiger partial charge in [0.1, 0.15) is 0 Å². The number of anilines is 1. The highest BCUT2D eigenvalue weighted by Gasteiger charge is 2.07. The van der Waals surface area contributed by atoms with E-state index < -0.39 is 5.97 Å². The van der Waals surface area contributed by atoms with Gasteiger partial charge in [-0.2, -0.15) is 0 Å². The van der Waals surface area contributed by atoms with Gasteiger partial charge in [0.25, 0.3) is 0 Å². The molecular weight excluding hydrogens is 214 g/mol. The fourth-order valence-electron chi connectivity index (χ4n) is 1.04. The molecule has 1 unspecified atom stereocenters. The molecular formula is C11H10ClNO2. The molecule has 1 aromatic rings. The van der Waals surface area contributed by atoms with Gasteiger partial charge in [0.15, 0.2) is 0 Å². The third-order valence-electron chi connectivity index (χ3n) is 1.84. The van der Waals surface area contributed by atoms with Crippen LogP contribution in [0.25, 0.3) is 0 Å². The second-order valence-electron chi connectivity index (χ2n) is 3.03. The van der Waals surface area contributed by atoms with E-state index in [1.54, 1.807) is 13.0 Å². The Morgan fingerprint density at radius 2 is 2.33 bits per heavy atom. The van der Waals surface area contributed by atoms with Crippen LogP contribution >= 0.6 is 11.6 Å². The van der Waals surface area contributed by atoms with Crippen molar-refractivity contribution in [2.24, 2.45) is 0 Å². The molecule has 0 heterocycles. The van der Waals surface area contributed by atoms with E-state index >= 15 is 0 Å². The van der Waals surface area contributed by atoms with Crippen LogP contribution in [0.2, 0.25) is 5.02 Å². The molecule has 0 aliphatic carbocycles. The number of halogens is 1. The van der Waals surface area contributed by atoms with Crippen LogP contribution in [0.15, 0.2) is 18.2 Å². The normalized spacial score (nSPS) is 11.5. The molecule has 0 saturated heterocycles. The first-order valence-electron chi connectivity index (χ1n) is 4.30. The Balaban J connectivity index is 2.94. The van der Waals surface area contributed by atoms with Crippen LogP contribution in [-0.2, 0) is 0 Å². The van der Waals surface area contributed by atoms with Crippen molar-refractivity contribution in [2.75, 3.05) is 5.32 Å². The number of aromatic carboxylic acids is 1. The first-order valence-corrected chi connectivity index (χ1v) is 4.68. The maximum Gasteiger partial charge on any atom is 0.335 e. The summed E-state index contributed by atoms with van der Waals surface area (Å²) >= 11 is 5.88. The lowest BCUT2D eigenvalue weighted by Gasteiger charge is -2.11. The maximum atomic E-state index is 10.6. The van der Waals surface area contributed by atoms with E-state index in [0.717, 1.165) is 0 Å². The molecule has 0 bridgehead atoms. The third-order valence-corrected chi connectivity index (χ3v) is 2.15. The monoisotopic (exact) mass is 223 g/mol. The Morgan fingerprint density at radius 1 is 1.67 bits per heavy atom. The molecule has 0 saturated carbocycles. The lowest BCUT2D eigenvalue weighted by molar-refractivity contribution is 0.0697. The van der Waals surface area contributed by atoms with Crippen LogP contribution in [-0.4, -0.2) is 17.1 Å². The zero-order chi connectivity index (χ0) is 11.4. The topological polar surface area (TPSA) is 49.3 Å². The number of nitrogens with one attached hydrogen (secondary N) is 1. The average Bonchev–Trinajstić information content (AvgIpc) is 2.20. The number of carboxylic acids is 1. The summed E-state index contributed by atoms with van der Waals surface area (Å²) in [7, 11) is 0. The summed E-state index contributed by atoms with van der Waals surface area (Å²) in [5.74, 6) is 1.49. The van der Waals surface area contributed by atoms with E-state index in [2.05, 4.69) is 11.2 Å². The molecule has 78 valence electrons. The van der Waals surface area contributed by atoms with E-state index in [4.69, 9.17) is 23.1 Å². The van der Waals surface area contributed by atoms with Crippen LogP contribution < -0.4 is 5.32 Å². The minimum Gasteiger partial charge on any atom is -0.478 e. The van der Waals surface area contributed by atoms with Gasteiger partial charge in [-0.25, -0.2) is 4.79 Å². The summed E-state index contributed by atoms with van der Waals surface area (Å²) in [6.07, 6.45) is 5.20. The zero-order valence-corrected chi connectivity index (χ0v) is 8.88. The molecule has 1 atom stereocenters. The Bertz CT molecular complexity index is 423. The predicted octanol–water partition coefficient (Wildman–Crippen LogP) is 2.47. The first-order chi connectivity index (χ1) is 7.04. The second kappa shape index (κ2) is 4.72. The molecule has 2 N–H and O–H groups in total. The summed E-state index contributed by atoms with van der Waals surface area (Å²) in [6.45, 7) is 1.81. The predicted molar refractivity (Wildman–Crippen MR) is 60.3 cm³/mol. The van der Waals surface area contributed by atoms with Crippen molar-refractivity contribution in [1.29, 1.82) is 0 Å². The molecule has 1 rings (SSSR count). The van der Waals surface area contributed by atoms with Crippen LogP contribution in [0.4, 0.5) is 5.69 Å². The smallest absolute Gasteiger partial charge is 0.335 e.